The molecule has 1 aromatic heterocycles. The monoisotopic (exact) mass is 256 g/mol. The van der Waals surface area contributed by atoms with Crippen LogP contribution in [0.25, 0.3) is 11.3 Å². The number of halogens is 3. The molecule has 0 atom stereocenters. The summed E-state index contributed by atoms with van der Waals surface area (Å²) < 4.78 is 32.1. The molecule has 0 aliphatic carbocycles. The number of ether oxygens (including phenoxy) is 1. The second-order valence-electron chi connectivity index (χ2n) is 3.14. The molecule has 0 aliphatic heterocycles. The van der Waals surface area contributed by atoms with Crippen molar-refractivity contribution in [3.05, 3.63) is 41.3 Å². The average Bonchev–Trinajstić information content (AvgIpc) is 2.29. The molecule has 17 heavy (non-hydrogen) atoms. The normalized spacial score (nSPS) is 10.4. The third-order valence-corrected chi connectivity index (χ3v) is 2.43. The zero-order chi connectivity index (χ0) is 12.4. The number of rotatable bonds is 2. The standard InChI is InChI=1S/C11H7ClF2N2O/c1-17-10-9(15-5-16-11(10)12)8-6(13)3-2-4-7(8)14/h2-5H,1H3. The van der Waals surface area contributed by atoms with Crippen molar-refractivity contribution in [3.63, 3.8) is 0 Å². The van der Waals surface area contributed by atoms with Gasteiger partial charge in [0.15, 0.2) is 10.9 Å². The van der Waals surface area contributed by atoms with Gasteiger partial charge in [0.1, 0.15) is 23.7 Å². The summed E-state index contributed by atoms with van der Waals surface area (Å²) in [7, 11) is 1.33. The Hall–Kier alpha value is -1.75. The summed E-state index contributed by atoms with van der Waals surface area (Å²) in [6, 6.07) is 3.53. The molecule has 1 aromatic carbocycles. The minimum atomic E-state index is -0.738. The molecule has 0 saturated carbocycles. The lowest BCUT2D eigenvalue weighted by molar-refractivity contribution is 0.412. The largest absolute Gasteiger partial charge is 0.491 e. The van der Waals surface area contributed by atoms with Gasteiger partial charge >= 0.3 is 0 Å². The van der Waals surface area contributed by atoms with Gasteiger partial charge in [0.2, 0.25) is 0 Å². The minimum Gasteiger partial charge on any atom is -0.491 e. The first-order chi connectivity index (χ1) is 8.15. The molecule has 0 saturated heterocycles. The van der Waals surface area contributed by atoms with Gasteiger partial charge in [0.25, 0.3) is 0 Å². The Morgan fingerprint density at radius 1 is 1.18 bits per heavy atom. The number of aromatic nitrogens is 2. The van der Waals surface area contributed by atoms with Crippen LogP contribution in [0.3, 0.4) is 0 Å². The van der Waals surface area contributed by atoms with E-state index in [4.69, 9.17) is 16.3 Å². The van der Waals surface area contributed by atoms with Gasteiger partial charge in [-0.1, -0.05) is 17.7 Å². The fourth-order valence-corrected chi connectivity index (χ4v) is 1.65. The van der Waals surface area contributed by atoms with E-state index in [1.54, 1.807) is 0 Å². The molecule has 0 N–H and O–H groups in total. The molecule has 2 aromatic rings. The van der Waals surface area contributed by atoms with Crippen molar-refractivity contribution in [2.75, 3.05) is 7.11 Å². The van der Waals surface area contributed by atoms with Gasteiger partial charge in [-0.25, -0.2) is 18.7 Å². The van der Waals surface area contributed by atoms with Crippen LogP contribution in [-0.4, -0.2) is 17.1 Å². The third-order valence-electron chi connectivity index (χ3n) is 2.16. The maximum absolute atomic E-state index is 13.6. The second-order valence-corrected chi connectivity index (χ2v) is 3.50. The van der Waals surface area contributed by atoms with E-state index in [2.05, 4.69) is 9.97 Å². The highest BCUT2D eigenvalue weighted by molar-refractivity contribution is 6.31. The molecule has 1 heterocycles. The lowest BCUT2D eigenvalue weighted by atomic mass is 10.1. The quantitative estimate of drug-likeness (QED) is 0.775. The Labute approximate surface area is 101 Å². The van der Waals surface area contributed by atoms with Crippen molar-refractivity contribution in [1.82, 2.24) is 9.97 Å². The van der Waals surface area contributed by atoms with Crippen LogP contribution >= 0.6 is 11.6 Å². The lowest BCUT2D eigenvalue weighted by Crippen LogP contribution is -1.98. The summed E-state index contributed by atoms with van der Waals surface area (Å²) in [6.45, 7) is 0. The van der Waals surface area contributed by atoms with Crippen molar-refractivity contribution in [1.29, 1.82) is 0 Å². The zero-order valence-corrected chi connectivity index (χ0v) is 9.50. The molecule has 3 nitrogen and oxygen atoms in total. The van der Waals surface area contributed by atoms with Gasteiger partial charge < -0.3 is 4.74 Å². The molecule has 0 bridgehead atoms. The van der Waals surface area contributed by atoms with Gasteiger partial charge in [-0.15, -0.1) is 0 Å². The van der Waals surface area contributed by atoms with Crippen molar-refractivity contribution in [3.8, 4) is 17.0 Å². The highest BCUT2D eigenvalue weighted by atomic mass is 35.5. The number of hydrogen-bond acceptors (Lipinski definition) is 3. The Bertz CT molecular complexity index is 543. The van der Waals surface area contributed by atoms with Gasteiger partial charge in [-0.3, -0.25) is 0 Å². The van der Waals surface area contributed by atoms with E-state index in [1.807, 2.05) is 0 Å². The molecule has 0 aliphatic rings. The van der Waals surface area contributed by atoms with Crippen LogP contribution in [0.4, 0.5) is 8.78 Å². The Kier molecular flexibility index (Phi) is 3.19. The fraction of sp³-hybridized carbons (Fsp3) is 0.0909. The Balaban J connectivity index is 2.73. The molecular formula is C11H7ClF2N2O. The number of nitrogens with zero attached hydrogens (tertiary/aromatic N) is 2. The van der Waals surface area contributed by atoms with E-state index in [9.17, 15) is 8.78 Å². The zero-order valence-electron chi connectivity index (χ0n) is 8.75. The third kappa shape index (κ3) is 2.06. The summed E-state index contributed by atoms with van der Waals surface area (Å²) in [5, 5.41) is 0.000142. The van der Waals surface area contributed by atoms with E-state index >= 15 is 0 Å². The van der Waals surface area contributed by atoms with Crippen LogP contribution in [0.15, 0.2) is 24.5 Å². The Morgan fingerprint density at radius 2 is 1.82 bits per heavy atom. The fourth-order valence-electron chi connectivity index (χ4n) is 1.44. The SMILES string of the molecule is COc1c(Cl)ncnc1-c1c(F)cccc1F. The van der Waals surface area contributed by atoms with Crippen LogP contribution < -0.4 is 4.74 Å². The predicted molar refractivity (Wildman–Crippen MR) is 58.9 cm³/mol. The first-order valence-corrected chi connectivity index (χ1v) is 5.01. The van der Waals surface area contributed by atoms with Gasteiger partial charge in [-0.2, -0.15) is 0 Å². The highest BCUT2D eigenvalue weighted by Crippen LogP contribution is 2.35. The summed E-state index contributed by atoms with van der Waals surface area (Å²) >= 11 is 5.76. The first-order valence-electron chi connectivity index (χ1n) is 4.64. The lowest BCUT2D eigenvalue weighted by Gasteiger charge is -2.09. The molecule has 2 rings (SSSR count). The maximum Gasteiger partial charge on any atom is 0.182 e. The topological polar surface area (TPSA) is 35.0 Å². The van der Waals surface area contributed by atoms with Crippen LogP contribution in [0, 0.1) is 11.6 Å². The van der Waals surface area contributed by atoms with Crippen LogP contribution in [-0.2, 0) is 0 Å². The average molecular weight is 257 g/mol. The van der Waals surface area contributed by atoms with E-state index in [0.717, 1.165) is 18.5 Å². The van der Waals surface area contributed by atoms with E-state index in [0.29, 0.717) is 0 Å². The summed E-state index contributed by atoms with van der Waals surface area (Å²) in [6.07, 6.45) is 1.12. The maximum atomic E-state index is 13.6. The van der Waals surface area contributed by atoms with Crippen molar-refractivity contribution in [2.45, 2.75) is 0 Å². The minimum absolute atomic E-state index is 0.000142. The van der Waals surface area contributed by atoms with Crippen LogP contribution in [0.2, 0.25) is 5.15 Å². The first kappa shape index (κ1) is 11.7. The van der Waals surface area contributed by atoms with Crippen molar-refractivity contribution in [2.24, 2.45) is 0 Å². The molecule has 0 spiro atoms. The molecular weight excluding hydrogens is 250 g/mol. The van der Waals surface area contributed by atoms with Crippen LogP contribution in [0.1, 0.15) is 0 Å². The molecule has 0 unspecified atom stereocenters. The number of hydrogen-bond donors (Lipinski definition) is 0. The number of benzene rings is 1. The van der Waals surface area contributed by atoms with Gasteiger partial charge in [0, 0.05) is 0 Å². The second kappa shape index (κ2) is 4.63. The van der Waals surface area contributed by atoms with Crippen LogP contribution in [0.5, 0.6) is 5.75 Å². The van der Waals surface area contributed by atoms with Gasteiger partial charge in [-0.05, 0) is 12.1 Å². The van der Waals surface area contributed by atoms with Crippen molar-refractivity contribution < 1.29 is 13.5 Å². The summed E-state index contributed by atoms with van der Waals surface area (Å²) in [5.74, 6) is -1.44. The molecule has 6 heteroatoms. The molecule has 0 fully saturated rings. The number of methoxy groups -OCH3 is 1. The van der Waals surface area contributed by atoms with E-state index in [-0.39, 0.29) is 22.2 Å². The molecule has 0 radical (unpaired) electrons. The molecule has 0 amide bonds. The van der Waals surface area contributed by atoms with Crippen molar-refractivity contribution >= 4 is 11.6 Å². The Morgan fingerprint density at radius 3 is 2.41 bits per heavy atom. The highest BCUT2D eigenvalue weighted by Gasteiger charge is 2.19. The van der Waals surface area contributed by atoms with Gasteiger partial charge in [0.05, 0.1) is 12.7 Å². The summed E-state index contributed by atoms with van der Waals surface area (Å²) in [4.78, 5) is 7.48. The smallest absolute Gasteiger partial charge is 0.182 e. The molecule has 88 valence electrons. The van der Waals surface area contributed by atoms with E-state index < -0.39 is 11.6 Å². The predicted octanol–water partition coefficient (Wildman–Crippen LogP) is 3.08. The summed E-state index contributed by atoms with van der Waals surface area (Å²) in [5.41, 5.74) is -0.295. The van der Waals surface area contributed by atoms with E-state index in [1.165, 1.54) is 13.2 Å².